The lowest BCUT2D eigenvalue weighted by molar-refractivity contribution is -0.120. The Morgan fingerprint density at radius 1 is 1.48 bits per heavy atom. The van der Waals surface area contributed by atoms with Gasteiger partial charge in [-0.2, -0.15) is 0 Å². The number of fused-ring (bicyclic) bond motifs is 1. The van der Waals surface area contributed by atoms with Crippen molar-refractivity contribution in [2.75, 3.05) is 6.54 Å². The molecule has 0 spiro atoms. The first-order valence-electron chi connectivity index (χ1n) is 8.68. The number of carbonyl (C=O) groups is 1. The van der Waals surface area contributed by atoms with Crippen LogP contribution in [0, 0.1) is 0 Å². The van der Waals surface area contributed by atoms with Crippen molar-refractivity contribution in [3.05, 3.63) is 45.9 Å². The summed E-state index contributed by atoms with van der Waals surface area (Å²) in [5, 5.41) is 7.71. The van der Waals surface area contributed by atoms with E-state index in [9.17, 15) is 9.59 Å². The molecule has 0 saturated carbocycles. The number of thioether (sulfide) groups is 1. The second-order valence-corrected chi connectivity index (χ2v) is 9.07. The lowest BCUT2D eigenvalue weighted by atomic mass is 10.2. The zero-order valence-corrected chi connectivity index (χ0v) is 17.7. The maximum atomic E-state index is 13.2. The van der Waals surface area contributed by atoms with E-state index in [1.807, 2.05) is 36.7 Å². The Morgan fingerprint density at radius 2 is 2.30 bits per heavy atom. The second-order valence-electron chi connectivity index (χ2n) is 5.96. The third-order valence-electron chi connectivity index (χ3n) is 3.96. The number of aromatic nitrogens is 2. The molecule has 1 N–H and O–H groups in total. The van der Waals surface area contributed by atoms with Crippen LogP contribution < -0.4 is 10.9 Å². The predicted molar refractivity (Wildman–Crippen MR) is 116 cm³/mol. The summed E-state index contributed by atoms with van der Waals surface area (Å²) in [5.74, 6) is -0.0493. The minimum Gasteiger partial charge on any atom is -0.355 e. The third-order valence-corrected chi connectivity index (χ3v) is 6.82. The molecule has 0 fully saturated rings. The van der Waals surface area contributed by atoms with Crippen LogP contribution in [0.4, 0.5) is 0 Å². The van der Waals surface area contributed by atoms with Crippen molar-refractivity contribution in [2.45, 2.75) is 37.2 Å². The van der Waals surface area contributed by atoms with Gasteiger partial charge in [0.15, 0.2) is 5.16 Å². The van der Waals surface area contributed by atoms with E-state index < -0.39 is 0 Å². The summed E-state index contributed by atoms with van der Waals surface area (Å²) >= 11 is 4.37. The molecule has 0 aromatic carbocycles. The van der Waals surface area contributed by atoms with Crippen LogP contribution in [0.1, 0.15) is 20.3 Å². The van der Waals surface area contributed by atoms with Crippen molar-refractivity contribution in [1.29, 1.82) is 0 Å². The summed E-state index contributed by atoms with van der Waals surface area (Å²) in [6, 6.07) is 3.98. The van der Waals surface area contributed by atoms with E-state index in [0.29, 0.717) is 28.5 Å². The van der Waals surface area contributed by atoms with E-state index in [2.05, 4.69) is 11.9 Å². The Kier molecular flexibility index (Phi) is 6.51. The predicted octanol–water partition coefficient (Wildman–Crippen LogP) is 4.38. The molecular formula is C19H21N3O2S3. The van der Waals surface area contributed by atoms with Gasteiger partial charge in [-0.1, -0.05) is 30.8 Å². The molecule has 3 rings (SSSR count). The van der Waals surface area contributed by atoms with E-state index >= 15 is 0 Å². The molecule has 0 aliphatic carbocycles. The average molecular weight is 420 g/mol. The fraction of sp³-hybridized carbons (Fsp3) is 0.316. The number of thiophene rings is 2. The normalized spacial score (nSPS) is 12.2. The van der Waals surface area contributed by atoms with Crippen LogP contribution >= 0.6 is 34.4 Å². The molecule has 3 aromatic heterocycles. The molecule has 1 amide bonds. The number of allylic oxidation sites excluding steroid dienone is 1. The molecule has 0 aliphatic rings. The Balaban J connectivity index is 2.03. The molecule has 27 heavy (non-hydrogen) atoms. The maximum absolute atomic E-state index is 13.2. The van der Waals surface area contributed by atoms with E-state index in [-0.39, 0.29) is 16.7 Å². The summed E-state index contributed by atoms with van der Waals surface area (Å²) in [6.45, 7) is 8.60. The molecule has 8 heteroatoms. The highest BCUT2D eigenvalue weighted by molar-refractivity contribution is 8.00. The highest BCUT2D eigenvalue weighted by Crippen LogP contribution is 2.35. The molecule has 0 radical (unpaired) electrons. The topological polar surface area (TPSA) is 64.0 Å². The van der Waals surface area contributed by atoms with Gasteiger partial charge in [0.2, 0.25) is 5.91 Å². The van der Waals surface area contributed by atoms with Gasteiger partial charge in [0.05, 0.1) is 10.6 Å². The number of hydrogen-bond donors (Lipinski definition) is 1. The Morgan fingerprint density at radius 3 is 2.96 bits per heavy atom. The summed E-state index contributed by atoms with van der Waals surface area (Å²) in [7, 11) is 0. The van der Waals surface area contributed by atoms with Crippen LogP contribution in [0.15, 0.2) is 45.5 Å². The van der Waals surface area contributed by atoms with Gasteiger partial charge < -0.3 is 5.32 Å². The quantitative estimate of drug-likeness (QED) is 0.334. The van der Waals surface area contributed by atoms with E-state index in [1.54, 1.807) is 22.0 Å². The minimum atomic E-state index is -0.339. The van der Waals surface area contributed by atoms with Crippen LogP contribution in [-0.2, 0) is 11.3 Å². The number of hydrogen-bond acceptors (Lipinski definition) is 6. The van der Waals surface area contributed by atoms with Gasteiger partial charge in [0.1, 0.15) is 4.83 Å². The molecule has 3 aromatic rings. The summed E-state index contributed by atoms with van der Waals surface area (Å²) in [6.07, 6.45) is 2.56. The van der Waals surface area contributed by atoms with Crippen LogP contribution in [0.5, 0.6) is 0 Å². The summed E-state index contributed by atoms with van der Waals surface area (Å²) in [4.78, 5) is 31.9. The molecule has 1 atom stereocenters. The fourth-order valence-corrected chi connectivity index (χ4v) is 5.35. The maximum Gasteiger partial charge on any atom is 0.263 e. The first-order valence-corrected chi connectivity index (χ1v) is 11.3. The number of nitrogens with one attached hydrogen (secondary N) is 1. The number of rotatable bonds is 8. The molecule has 0 bridgehead atoms. The van der Waals surface area contributed by atoms with Crippen molar-refractivity contribution in [3.8, 4) is 10.4 Å². The van der Waals surface area contributed by atoms with Crippen molar-refractivity contribution in [1.82, 2.24) is 14.9 Å². The molecule has 3 heterocycles. The summed E-state index contributed by atoms with van der Waals surface area (Å²) in [5.41, 5.74) is 0.832. The summed E-state index contributed by atoms with van der Waals surface area (Å²) < 4.78 is 1.60. The monoisotopic (exact) mass is 419 g/mol. The van der Waals surface area contributed by atoms with E-state index in [1.165, 1.54) is 23.1 Å². The minimum absolute atomic E-state index is 0.0493. The Hall–Kier alpha value is -1.90. The first kappa shape index (κ1) is 19.9. The molecule has 5 nitrogen and oxygen atoms in total. The van der Waals surface area contributed by atoms with Crippen molar-refractivity contribution in [2.24, 2.45) is 0 Å². The lowest BCUT2D eigenvalue weighted by Crippen LogP contribution is -2.32. The standard InChI is InChI=1S/C19H21N3O2S3/c1-4-8-20-16(23)12(3)27-19-21-17-15(18(24)22(19)9-5-2)13(11-26-17)14-7-6-10-25-14/h5-7,10-12H,2,4,8-9H2,1,3H3,(H,20,23). The highest BCUT2D eigenvalue weighted by Gasteiger charge is 2.21. The SMILES string of the molecule is C=CCn1c(SC(C)C(=O)NCCC)nc2scc(-c3cccs3)c2c1=O. The largest absolute Gasteiger partial charge is 0.355 e. The average Bonchev–Trinajstić information content (AvgIpc) is 3.32. The fourth-order valence-electron chi connectivity index (χ4n) is 2.60. The van der Waals surface area contributed by atoms with Crippen LogP contribution in [0.2, 0.25) is 0 Å². The number of carbonyl (C=O) groups excluding carboxylic acids is 1. The smallest absolute Gasteiger partial charge is 0.263 e. The number of amides is 1. The molecule has 1 unspecified atom stereocenters. The highest BCUT2D eigenvalue weighted by atomic mass is 32.2. The van der Waals surface area contributed by atoms with Crippen LogP contribution in [-0.4, -0.2) is 27.3 Å². The third kappa shape index (κ3) is 4.17. The lowest BCUT2D eigenvalue weighted by Gasteiger charge is -2.14. The molecule has 0 aliphatic heterocycles. The van der Waals surface area contributed by atoms with Crippen LogP contribution in [0.25, 0.3) is 20.7 Å². The Labute approximate surface area is 170 Å². The van der Waals surface area contributed by atoms with Gasteiger partial charge >= 0.3 is 0 Å². The van der Waals surface area contributed by atoms with E-state index in [4.69, 9.17) is 4.98 Å². The molecule has 0 saturated heterocycles. The van der Waals surface area contributed by atoms with Crippen molar-refractivity contribution < 1.29 is 4.79 Å². The van der Waals surface area contributed by atoms with Crippen LogP contribution in [0.3, 0.4) is 0 Å². The van der Waals surface area contributed by atoms with Gasteiger partial charge in [-0.25, -0.2) is 4.98 Å². The second kappa shape index (κ2) is 8.86. The Bertz CT molecular complexity index is 1010. The van der Waals surface area contributed by atoms with Crippen molar-refractivity contribution in [3.63, 3.8) is 0 Å². The van der Waals surface area contributed by atoms with Gasteiger partial charge in [-0.15, -0.1) is 29.3 Å². The molecular weight excluding hydrogens is 398 g/mol. The van der Waals surface area contributed by atoms with Crippen molar-refractivity contribution >= 4 is 50.6 Å². The van der Waals surface area contributed by atoms with Gasteiger partial charge in [-0.05, 0) is 24.8 Å². The van der Waals surface area contributed by atoms with Gasteiger partial charge in [-0.3, -0.25) is 14.2 Å². The van der Waals surface area contributed by atoms with Gasteiger partial charge in [0, 0.05) is 28.9 Å². The zero-order valence-electron chi connectivity index (χ0n) is 15.2. The van der Waals surface area contributed by atoms with Gasteiger partial charge in [0.25, 0.3) is 5.56 Å². The number of nitrogens with zero attached hydrogens (tertiary/aromatic N) is 2. The first-order chi connectivity index (χ1) is 13.1. The molecule has 142 valence electrons. The zero-order chi connectivity index (χ0) is 19.4. The van der Waals surface area contributed by atoms with E-state index in [0.717, 1.165) is 16.9 Å².